The third-order valence-electron chi connectivity index (χ3n) is 4.19. The average molecular weight is 441 g/mol. The predicted molar refractivity (Wildman–Crippen MR) is 107 cm³/mol. The maximum Gasteiger partial charge on any atom is 0.339 e. The normalized spacial score (nSPS) is 13.4. The number of ether oxygens (including phenoxy) is 1. The number of aromatic nitrogens is 1. The summed E-state index contributed by atoms with van der Waals surface area (Å²) in [5, 5.41) is 0.340. The first-order valence-electron chi connectivity index (χ1n) is 8.32. The minimum Gasteiger partial charge on any atom is -0.500 e. The summed E-state index contributed by atoms with van der Waals surface area (Å²) in [7, 11) is -3.19. The fraction of sp³-hybridized carbons (Fsp3) is 0.150. The molecule has 0 N–H and O–H groups in total. The van der Waals surface area contributed by atoms with E-state index in [1.54, 1.807) is 13.8 Å². The Balaban J connectivity index is 2.56. The number of allylic oxidation sites excluding steroid dienone is 5. The smallest absolute Gasteiger partial charge is 0.339 e. The van der Waals surface area contributed by atoms with E-state index in [0.717, 1.165) is 6.07 Å². The van der Waals surface area contributed by atoms with Gasteiger partial charge in [0.1, 0.15) is 10.7 Å². The maximum atomic E-state index is 13.7. The predicted octanol–water partition coefficient (Wildman–Crippen LogP) is 4.71. The fourth-order valence-electron chi connectivity index (χ4n) is 2.49. The number of halogens is 3. The molecule has 0 saturated carbocycles. The van der Waals surface area contributed by atoms with Crippen LogP contribution in [0.25, 0.3) is 16.6 Å². The van der Waals surface area contributed by atoms with Crippen LogP contribution >= 0.6 is 0 Å². The lowest BCUT2D eigenvalue weighted by atomic mass is 10.2. The van der Waals surface area contributed by atoms with Gasteiger partial charge in [0.15, 0.2) is 17.4 Å². The van der Waals surface area contributed by atoms with Gasteiger partial charge in [-0.25, -0.2) is 8.78 Å². The van der Waals surface area contributed by atoms with Gasteiger partial charge in [-0.3, -0.25) is 9.36 Å². The van der Waals surface area contributed by atoms with Gasteiger partial charge < -0.3 is 8.92 Å². The summed E-state index contributed by atoms with van der Waals surface area (Å²) >= 11 is 0. The molecule has 0 saturated heterocycles. The van der Waals surface area contributed by atoms with Crippen LogP contribution in [0, 0.1) is 0 Å². The zero-order chi connectivity index (χ0) is 22.8. The molecule has 0 bridgehead atoms. The molecule has 2 aromatic rings. The van der Waals surface area contributed by atoms with Gasteiger partial charge in [0.05, 0.1) is 18.3 Å². The minimum absolute atomic E-state index is 0.340. The van der Waals surface area contributed by atoms with Crippen LogP contribution in [-0.4, -0.2) is 20.1 Å². The Morgan fingerprint density at radius 2 is 1.67 bits per heavy atom. The minimum atomic E-state index is -4.64. The van der Waals surface area contributed by atoms with Crippen molar-refractivity contribution in [3.05, 3.63) is 82.8 Å². The van der Waals surface area contributed by atoms with Crippen molar-refractivity contribution in [2.45, 2.75) is 18.7 Å². The van der Waals surface area contributed by atoms with Gasteiger partial charge in [0, 0.05) is 11.5 Å². The van der Waals surface area contributed by atoms with Crippen LogP contribution < -0.4 is 5.56 Å². The molecule has 160 valence electrons. The number of nitrogens with zero attached hydrogens (tertiary/aromatic N) is 1. The highest BCUT2D eigenvalue weighted by Crippen LogP contribution is 2.28. The number of pyridine rings is 1. The standard InChI is InChI=1S/C20H18F3NO5S/c1-11(21)19(22)20(23)14(4)29-30(26,27)16-7-8-17-15(10-16)6-9-18(25)24(17)12(2)13(3)28-5/h6-10H,1,4H2,2-3,5H3. The molecule has 1 heterocycles. The summed E-state index contributed by atoms with van der Waals surface area (Å²) in [6.07, 6.45) is 0. The molecule has 0 radical (unpaired) electrons. The zero-order valence-electron chi connectivity index (χ0n) is 16.3. The van der Waals surface area contributed by atoms with Crippen molar-refractivity contribution >= 4 is 26.7 Å². The Morgan fingerprint density at radius 1 is 1.03 bits per heavy atom. The van der Waals surface area contributed by atoms with Gasteiger partial charge in [-0.15, -0.1) is 0 Å². The van der Waals surface area contributed by atoms with Crippen molar-refractivity contribution in [3.8, 4) is 0 Å². The monoisotopic (exact) mass is 441 g/mol. The molecule has 1 aromatic heterocycles. The summed E-state index contributed by atoms with van der Waals surface area (Å²) < 4.78 is 75.4. The largest absolute Gasteiger partial charge is 0.500 e. The van der Waals surface area contributed by atoms with Crippen LogP contribution in [-0.2, 0) is 19.0 Å². The molecule has 6 nitrogen and oxygen atoms in total. The number of hydrogen-bond donors (Lipinski definition) is 0. The molecule has 10 heteroatoms. The first kappa shape index (κ1) is 23.0. The molecule has 0 spiro atoms. The Labute approximate surface area is 171 Å². The highest BCUT2D eigenvalue weighted by atomic mass is 32.2. The first-order valence-corrected chi connectivity index (χ1v) is 9.73. The second kappa shape index (κ2) is 8.62. The van der Waals surface area contributed by atoms with Crippen LogP contribution in [0.5, 0.6) is 0 Å². The summed E-state index contributed by atoms with van der Waals surface area (Å²) in [5.74, 6) is -6.47. The lowest BCUT2D eigenvalue weighted by Gasteiger charge is -2.14. The van der Waals surface area contributed by atoms with Crippen molar-refractivity contribution < 1.29 is 30.5 Å². The molecule has 0 fully saturated rings. The van der Waals surface area contributed by atoms with Gasteiger partial charge in [0.25, 0.3) is 5.56 Å². The lowest BCUT2D eigenvalue weighted by Crippen LogP contribution is -2.18. The summed E-state index contributed by atoms with van der Waals surface area (Å²) in [6.45, 7) is 8.84. The number of rotatable bonds is 7. The molecule has 0 aliphatic rings. The third-order valence-corrected chi connectivity index (χ3v) is 5.44. The Bertz CT molecular complexity index is 1270. The van der Waals surface area contributed by atoms with Gasteiger partial charge in [-0.2, -0.15) is 12.8 Å². The summed E-state index contributed by atoms with van der Waals surface area (Å²) in [5.41, 5.74) is 0.494. The quantitative estimate of drug-likeness (QED) is 0.354. The number of methoxy groups -OCH3 is 1. The molecule has 0 aliphatic carbocycles. The lowest BCUT2D eigenvalue weighted by molar-refractivity contribution is 0.293. The van der Waals surface area contributed by atoms with E-state index in [-0.39, 0.29) is 5.56 Å². The first-order chi connectivity index (χ1) is 13.9. The summed E-state index contributed by atoms with van der Waals surface area (Å²) in [4.78, 5) is 11.9. The SMILES string of the molecule is C=C(F)C(F)=C(F)C(=C)OS(=O)(=O)c1ccc2c(ccc(=O)n2C(C)=C(C)OC)c1. The maximum absolute atomic E-state index is 13.7. The van der Waals surface area contributed by atoms with Crippen LogP contribution in [0.1, 0.15) is 13.8 Å². The van der Waals surface area contributed by atoms with Crippen LogP contribution in [0.4, 0.5) is 13.2 Å². The van der Waals surface area contributed by atoms with Crippen molar-refractivity contribution in [1.29, 1.82) is 0 Å². The average Bonchev–Trinajstić information content (AvgIpc) is 2.70. The van der Waals surface area contributed by atoms with E-state index in [1.807, 2.05) is 0 Å². The Kier molecular flexibility index (Phi) is 6.61. The molecule has 0 unspecified atom stereocenters. The zero-order valence-corrected chi connectivity index (χ0v) is 17.1. The second-order valence-electron chi connectivity index (χ2n) is 6.07. The molecular formula is C20H18F3NO5S. The molecule has 30 heavy (non-hydrogen) atoms. The molecule has 0 atom stereocenters. The van der Waals surface area contributed by atoms with Gasteiger partial charge in [0.2, 0.25) is 5.83 Å². The van der Waals surface area contributed by atoms with Crippen LogP contribution in [0.2, 0.25) is 0 Å². The van der Waals surface area contributed by atoms with E-state index in [0.29, 0.717) is 22.4 Å². The van der Waals surface area contributed by atoms with Crippen molar-refractivity contribution in [1.82, 2.24) is 4.57 Å². The summed E-state index contributed by atoms with van der Waals surface area (Å²) in [6, 6.07) is 6.26. The van der Waals surface area contributed by atoms with E-state index < -0.39 is 38.3 Å². The topological polar surface area (TPSA) is 74.6 Å². The molecule has 0 amide bonds. The van der Waals surface area contributed by atoms with E-state index in [9.17, 15) is 26.4 Å². The van der Waals surface area contributed by atoms with Crippen LogP contribution in [0.15, 0.2) is 82.2 Å². The molecular weight excluding hydrogens is 423 g/mol. The molecule has 1 aromatic carbocycles. The van der Waals surface area contributed by atoms with Crippen LogP contribution in [0.3, 0.4) is 0 Å². The fourth-order valence-corrected chi connectivity index (χ4v) is 3.43. The van der Waals surface area contributed by atoms with E-state index in [4.69, 9.17) is 4.74 Å². The Morgan fingerprint density at radius 3 is 2.23 bits per heavy atom. The van der Waals surface area contributed by atoms with E-state index in [1.165, 1.54) is 35.9 Å². The van der Waals surface area contributed by atoms with Crippen molar-refractivity contribution in [2.75, 3.05) is 7.11 Å². The van der Waals surface area contributed by atoms with E-state index >= 15 is 0 Å². The Hall–Kier alpha value is -3.27. The van der Waals surface area contributed by atoms with Gasteiger partial charge in [-0.05, 0) is 38.1 Å². The second-order valence-corrected chi connectivity index (χ2v) is 7.61. The number of hydrogen-bond acceptors (Lipinski definition) is 5. The van der Waals surface area contributed by atoms with Gasteiger partial charge >= 0.3 is 10.1 Å². The van der Waals surface area contributed by atoms with E-state index in [2.05, 4.69) is 17.3 Å². The highest BCUT2D eigenvalue weighted by molar-refractivity contribution is 7.86. The van der Waals surface area contributed by atoms with Crippen molar-refractivity contribution in [2.24, 2.45) is 0 Å². The number of benzene rings is 1. The van der Waals surface area contributed by atoms with Gasteiger partial charge in [-0.1, -0.05) is 13.2 Å². The third kappa shape index (κ3) is 4.48. The van der Waals surface area contributed by atoms with Crippen molar-refractivity contribution in [3.63, 3.8) is 0 Å². The highest BCUT2D eigenvalue weighted by Gasteiger charge is 2.23. The molecule has 2 rings (SSSR count). The molecule has 0 aliphatic heterocycles. The number of fused-ring (bicyclic) bond motifs is 1.